The van der Waals surface area contributed by atoms with Gasteiger partial charge in [-0.3, -0.25) is 19.4 Å². The van der Waals surface area contributed by atoms with Gasteiger partial charge in [-0.15, -0.1) is 0 Å². The number of rotatable bonds is 4. The summed E-state index contributed by atoms with van der Waals surface area (Å²) in [7, 11) is 0. The maximum absolute atomic E-state index is 13.0. The van der Waals surface area contributed by atoms with E-state index in [4.69, 9.17) is 0 Å². The molecule has 1 aromatic heterocycles. The Morgan fingerprint density at radius 3 is 2.69 bits per heavy atom. The van der Waals surface area contributed by atoms with Crippen LogP contribution in [0.1, 0.15) is 22.8 Å². The summed E-state index contributed by atoms with van der Waals surface area (Å²) in [5, 5.41) is 5.66. The van der Waals surface area contributed by atoms with Crippen molar-refractivity contribution in [1.29, 1.82) is 0 Å². The number of anilines is 1. The Morgan fingerprint density at radius 2 is 1.92 bits per heavy atom. The summed E-state index contributed by atoms with van der Waals surface area (Å²) in [6.45, 7) is 2.17. The summed E-state index contributed by atoms with van der Waals surface area (Å²) in [5.74, 6) is -1.90. The molecule has 2 aromatic rings. The van der Waals surface area contributed by atoms with E-state index >= 15 is 0 Å². The number of fused-ring (bicyclic) bond motifs is 2. The van der Waals surface area contributed by atoms with E-state index in [0.29, 0.717) is 24.2 Å². The standard InChI is InChI=1S/C20H19N3O3/c1-20-15(18(25)22-11-8-12-6-9-21-10-7-12)16(20)19(26)23-14-5-3-2-4-13(14)17(20)24/h2-7,9-10,15-16H,8,11H2,1H3,(H,22,25)(H,23,26)/t15-,16+,20+/m0/s1. The zero-order valence-corrected chi connectivity index (χ0v) is 14.4. The van der Waals surface area contributed by atoms with E-state index in [-0.39, 0.29) is 17.6 Å². The first-order valence-corrected chi connectivity index (χ1v) is 8.65. The molecule has 2 amide bonds. The van der Waals surface area contributed by atoms with Crippen LogP contribution in [0.4, 0.5) is 5.69 Å². The molecule has 0 unspecified atom stereocenters. The molecular formula is C20H19N3O3. The highest BCUT2D eigenvalue weighted by atomic mass is 16.2. The second-order valence-corrected chi connectivity index (χ2v) is 7.00. The molecule has 1 aliphatic heterocycles. The summed E-state index contributed by atoms with van der Waals surface area (Å²) in [6.07, 6.45) is 4.08. The molecule has 0 radical (unpaired) electrons. The molecule has 6 heteroatoms. The van der Waals surface area contributed by atoms with Crippen LogP contribution in [-0.2, 0) is 16.0 Å². The van der Waals surface area contributed by atoms with Gasteiger partial charge in [0.2, 0.25) is 11.8 Å². The van der Waals surface area contributed by atoms with Crippen molar-refractivity contribution in [3.8, 4) is 0 Å². The van der Waals surface area contributed by atoms with E-state index in [1.807, 2.05) is 12.1 Å². The van der Waals surface area contributed by atoms with Crippen LogP contribution in [0.15, 0.2) is 48.8 Å². The molecule has 132 valence electrons. The van der Waals surface area contributed by atoms with Crippen LogP contribution in [0.5, 0.6) is 0 Å². The Hall–Kier alpha value is -3.02. The van der Waals surface area contributed by atoms with Crippen LogP contribution in [0.2, 0.25) is 0 Å². The third kappa shape index (κ3) is 2.49. The molecule has 2 heterocycles. The molecule has 1 saturated carbocycles. The van der Waals surface area contributed by atoms with Gasteiger partial charge < -0.3 is 10.6 Å². The predicted octanol–water partition coefficient (Wildman–Crippen LogP) is 1.83. The van der Waals surface area contributed by atoms with E-state index in [1.165, 1.54) is 0 Å². The van der Waals surface area contributed by atoms with E-state index in [2.05, 4.69) is 15.6 Å². The van der Waals surface area contributed by atoms with E-state index in [1.54, 1.807) is 43.6 Å². The van der Waals surface area contributed by atoms with Gasteiger partial charge in [0, 0.05) is 24.5 Å². The SMILES string of the molecule is C[C@]12C(=O)c3ccccc3NC(=O)[C@H]1[C@H]2C(=O)NCCc1ccncc1. The number of nitrogens with one attached hydrogen (secondary N) is 2. The average molecular weight is 349 g/mol. The van der Waals surface area contributed by atoms with Crippen molar-refractivity contribution in [3.63, 3.8) is 0 Å². The van der Waals surface area contributed by atoms with E-state index < -0.39 is 17.3 Å². The second-order valence-electron chi connectivity index (χ2n) is 7.00. The van der Waals surface area contributed by atoms with Crippen LogP contribution in [-0.4, -0.2) is 29.1 Å². The fraction of sp³-hybridized carbons (Fsp3) is 0.300. The molecule has 4 rings (SSSR count). The molecule has 0 spiro atoms. The molecule has 2 aliphatic rings. The van der Waals surface area contributed by atoms with Crippen molar-refractivity contribution in [1.82, 2.24) is 10.3 Å². The number of carbonyl (C=O) groups is 3. The van der Waals surface area contributed by atoms with Gasteiger partial charge in [0.25, 0.3) is 0 Å². The molecule has 3 atom stereocenters. The number of aromatic nitrogens is 1. The number of hydrogen-bond donors (Lipinski definition) is 2. The monoisotopic (exact) mass is 349 g/mol. The third-order valence-electron chi connectivity index (χ3n) is 5.46. The quantitative estimate of drug-likeness (QED) is 0.881. The fourth-order valence-electron chi connectivity index (χ4n) is 3.92. The normalized spacial score (nSPS) is 26.2. The van der Waals surface area contributed by atoms with Crippen molar-refractivity contribution in [2.24, 2.45) is 17.3 Å². The average Bonchev–Trinajstić information content (AvgIpc) is 3.30. The van der Waals surface area contributed by atoms with Gasteiger partial charge in [0.05, 0.1) is 22.9 Å². The smallest absolute Gasteiger partial charge is 0.229 e. The van der Waals surface area contributed by atoms with Gasteiger partial charge in [0.15, 0.2) is 5.78 Å². The van der Waals surface area contributed by atoms with Crippen molar-refractivity contribution >= 4 is 23.3 Å². The Kier molecular flexibility index (Phi) is 3.83. The number of ketones is 1. The maximum Gasteiger partial charge on any atom is 0.229 e. The minimum absolute atomic E-state index is 0.147. The van der Waals surface area contributed by atoms with Gasteiger partial charge in [-0.25, -0.2) is 0 Å². The first kappa shape index (κ1) is 16.4. The van der Waals surface area contributed by atoms with Gasteiger partial charge in [-0.2, -0.15) is 0 Å². The molecule has 1 aliphatic carbocycles. The van der Waals surface area contributed by atoms with Crippen LogP contribution in [0.3, 0.4) is 0 Å². The van der Waals surface area contributed by atoms with E-state index in [0.717, 1.165) is 5.56 Å². The summed E-state index contributed by atoms with van der Waals surface area (Å²) < 4.78 is 0. The Balaban J connectivity index is 1.48. The highest BCUT2D eigenvalue weighted by molar-refractivity contribution is 6.19. The highest BCUT2D eigenvalue weighted by Crippen LogP contribution is 2.62. The molecule has 1 aromatic carbocycles. The number of carbonyl (C=O) groups excluding carboxylic acids is 3. The van der Waals surface area contributed by atoms with Crippen molar-refractivity contribution in [3.05, 3.63) is 59.9 Å². The van der Waals surface area contributed by atoms with Gasteiger partial charge in [0.1, 0.15) is 0 Å². The number of nitrogens with zero attached hydrogens (tertiary/aromatic N) is 1. The first-order chi connectivity index (χ1) is 12.5. The lowest BCUT2D eigenvalue weighted by molar-refractivity contribution is -0.125. The minimum atomic E-state index is -0.975. The Bertz CT molecular complexity index is 896. The minimum Gasteiger partial charge on any atom is -0.355 e. The number of hydrogen-bond acceptors (Lipinski definition) is 4. The van der Waals surface area contributed by atoms with Crippen molar-refractivity contribution in [2.45, 2.75) is 13.3 Å². The lowest BCUT2D eigenvalue weighted by Crippen LogP contribution is -2.31. The zero-order valence-electron chi connectivity index (χ0n) is 14.4. The van der Waals surface area contributed by atoms with E-state index in [9.17, 15) is 14.4 Å². The summed E-state index contributed by atoms with van der Waals surface area (Å²) in [5.41, 5.74) is 1.09. The third-order valence-corrected chi connectivity index (χ3v) is 5.46. The van der Waals surface area contributed by atoms with Crippen molar-refractivity contribution < 1.29 is 14.4 Å². The van der Waals surface area contributed by atoms with Crippen molar-refractivity contribution in [2.75, 3.05) is 11.9 Å². The highest BCUT2D eigenvalue weighted by Gasteiger charge is 2.73. The predicted molar refractivity (Wildman–Crippen MR) is 95.4 cm³/mol. The zero-order chi connectivity index (χ0) is 18.3. The molecule has 0 bridgehead atoms. The molecule has 2 N–H and O–H groups in total. The number of amides is 2. The Morgan fingerprint density at radius 1 is 1.19 bits per heavy atom. The second kappa shape index (κ2) is 6.05. The number of benzene rings is 1. The lowest BCUT2D eigenvalue weighted by Gasteiger charge is -2.12. The Labute approximate surface area is 151 Å². The van der Waals surface area contributed by atoms with Crippen LogP contribution in [0.25, 0.3) is 0 Å². The van der Waals surface area contributed by atoms with Crippen LogP contribution in [0, 0.1) is 17.3 Å². The first-order valence-electron chi connectivity index (χ1n) is 8.65. The molecule has 1 fully saturated rings. The van der Waals surface area contributed by atoms with Gasteiger partial charge in [-0.1, -0.05) is 19.1 Å². The van der Waals surface area contributed by atoms with Gasteiger partial charge >= 0.3 is 0 Å². The number of para-hydroxylation sites is 1. The molecule has 0 saturated heterocycles. The topological polar surface area (TPSA) is 88.2 Å². The number of pyridine rings is 1. The summed E-state index contributed by atoms with van der Waals surface area (Å²) in [6, 6.07) is 10.7. The molecule has 26 heavy (non-hydrogen) atoms. The largest absolute Gasteiger partial charge is 0.355 e. The van der Waals surface area contributed by atoms with Crippen LogP contribution >= 0.6 is 0 Å². The number of Topliss-reactive ketones (excluding diaryl/α,β-unsaturated/α-hetero) is 1. The molecule has 6 nitrogen and oxygen atoms in total. The molecular weight excluding hydrogens is 330 g/mol. The summed E-state index contributed by atoms with van der Waals surface area (Å²) >= 11 is 0. The van der Waals surface area contributed by atoms with Crippen LogP contribution < -0.4 is 10.6 Å². The lowest BCUT2D eigenvalue weighted by atomic mass is 9.92. The summed E-state index contributed by atoms with van der Waals surface area (Å²) in [4.78, 5) is 42.1. The fourth-order valence-corrected chi connectivity index (χ4v) is 3.92. The maximum atomic E-state index is 13.0. The van der Waals surface area contributed by atoms with Gasteiger partial charge in [-0.05, 0) is 36.2 Å².